The number of fused-ring (bicyclic) bond motifs is 1. The number of hydrogen-bond acceptors (Lipinski definition) is 5. The second-order valence-electron chi connectivity index (χ2n) is 5.11. The van der Waals surface area contributed by atoms with Crippen LogP contribution in [0.2, 0.25) is 0 Å². The first-order valence-electron chi connectivity index (χ1n) is 6.63. The number of aliphatic imine (C=N–C) groups is 1. The van der Waals surface area contributed by atoms with E-state index in [1.807, 2.05) is 0 Å². The largest absolute Gasteiger partial charge is 0.394 e. The van der Waals surface area contributed by atoms with Crippen molar-refractivity contribution >= 4 is 16.9 Å². The molecule has 1 saturated heterocycles. The molecular formula is C14H17FN2O2S. The number of benzene rings is 1. The number of nitrogens with zero attached hydrogens (tertiary/aromatic N) is 1. The first-order valence-corrected chi connectivity index (χ1v) is 7.61. The Hall–Kier alpha value is -1.11. The molecule has 0 amide bonds. The number of aliphatic hydroxyl groups is 1. The number of halogens is 1. The zero-order valence-electron chi connectivity index (χ0n) is 11.0. The molecule has 2 aliphatic rings. The van der Waals surface area contributed by atoms with E-state index >= 15 is 0 Å². The number of amidine groups is 1. The van der Waals surface area contributed by atoms with Crippen molar-refractivity contribution in [2.24, 2.45) is 16.6 Å². The zero-order chi connectivity index (χ0) is 14.2. The van der Waals surface area contributed by atoms with Crippen molar-refractivity contribution in [3.05, 3.63) is 35.6 Å². The monoisotopic (exact) mass is 296 g/mol. The van der Waals surface area contributed by atoms with Gasteiger partial charge in [-0.1, -0.05) is 30.0 Å². The van der Waals surface area contributed by atoms with Crippen molar-refractivity contribution in [1.82, 2.24) is 0 Å². The lowest BCUT2D eigenvalue weighted by Gasteiger charge is -2.47. The van der Waals surface area contributed by atoms with E-state index in [-0.39, 0.29) is 24.4 Å². The van der Waals surface area contributed by atoms with Gasteiger partial charge in [-0.3, -0.25) is 4.99 Å². The first kappa shape index (κ1) is 13.9. The van der Waals surface area contributed by atoms with E-state index in [9.17, 15) is 9.50 Å². The highest BCUT2D eigenvalue weighted by Crippen LogP contribution is 2.48. The average molecular weight is 296 g/mol. The Balaban J connectivity index is 2.13. The van der Waals surface area contributed by atoms with Crippen LogP contribution in [-0.4, -0.2) is 35.3 Å². The quantitative estimate of drug-likeness (QED) is 0.867. The predicted molar refractivity (Wildman–Crippen MR) is 77.1 cm³/mol. The molecule has 0 saturated carbocycles. The van der Waals surface area contributed by atoms with Gasteiger partial charge in [0.25, 0.3) is 0 Å². The van der Waals surface area contributed by atoms with Crippen molar-refractivity contribution in [3.63, 3.8) is 0 Å². The Morgan fingerprint density at radius 1 is 1.50 bits per heavy atom. The molecule has 1 fully saturated rings. The highest BCUT2D eigenvalue weighted by molar-refractivity contribution is 8.13. The molecule has 3 rings (SSSR count). The normalized spacial score (nSPS) is 33.4. The summed E-state index contributed by atoms with van der Waals surface area (Å²) in [6.45, 7) is 0.356. The molecule has 108 valence electrons. The van der Waals surface area contributed by atoms with Gasteiger partial charge in [0.2, 0.25) is 0 Å². The Labute approximate surface area is 121 Å². The number of nitrogens with two attached hydrogens (primary N) is 1. The standard InChI is InChI=1S/C14H17FN2O2S/c15-11-4-2-1-3-9(11)14-5-6-19-12(7-18)10(14)8-20-13(16)17-14/h1-4,10,12,18H,5-8H2,(H2,16,17). The summed E-state index contributed by atoms with van der Waals surface area (Å²) >= 11 is 1.44. The molecule has 2 aliphatic heterocycles. The van der Waals surface area contributed by atoms with Crippen LogP contribution in [0, 0.1) is 11.7 Å². The molecule has 2 heterocycles. The van der Waals surface area contributed by atoms with Crippen LogP contribution in [-0.2, 0) is 10.3 Å². The van der Waals surface area contributed by atoms with Crippen LogP contribution in [0.25, 0.3) is 0 Å². The summed E-state index contributed by atoms with van der Waals surface area (Å²) in [6, 6.07) is 6.67. The molecular weight excluding hydrogens is 279 g/mol. The van der Waals surface area contributed by atoms with Crippen molar-refractivity contribution in [2.45, 2.75) is 18.1 Å². The maximum absolute atomic E-state index is 14.3. The fourth-order valence-electron chi connectivity index (χ4n) is 3.15. The summed E-state index contributed by atoms with van der Waals surface area (Å²) in [5.74, 6) is 0.324. The van der Waals surface area contributed by atoms with Gasteiger partial charge in [-0.25, -0.2) is 4.39 Å². The van der Waals surface area contributed by atoms with Crippen molar-refractivity contribution in [2.75, 3.05) is 19.0 Å². The van der Waals surface area contributed by atoms with E-state index in [1.165, 1.54) is 17.8 Å². The fourth-order valence-corrected chi connectivity index (χ4v) is 4.22. The summed E-state index contributed by atoms with van der Waals surface area (Å²) in [7, 11) is 0. The van der Waals surface area contributed by atoms with E-state index in [2.05, 4.69) is 4.99 Å². The molecule has 6 heteroatoms. The van der Waals surface area contributed by atoms with Gasteiger partial charge < -0.3 is 15.6 Å². The Kier molecular flexibility index (Phi) is 3.70. The van der Waals surface area contributed by atoms with Crippen molar-refractivity contribution < 1.29 is 14.2 Å². The van der Waals surface area contributed by atoms with Crippen LogP contribution < -0.4 is 5.73 Å². The number of rotatable bonds is 2. The highest BCUT2D eigenvalue weighted by atomic mass is 32.2. The predicted octanol–water partition coefficient (Wildman–Crippen LogP) is 1.48. The third-order valence-corrected chi connectivity index (χ3v) is 5.03. The number of thioether (sulfide) groups is 1. The first-order chi connectivity index (χ1) is 9.67. The maximum atomic E-state index is 14.3. The molecule has 1 aromatic rings. The third kappa shape index (κ3) is 2.12. The highest BCUT2D eigenvalue weighted by Gasteiger charge is 2.50. The van der Waals surface area contributed by atoms with Gasteiger partial charge in [0.05, 0.1) is 18.2 Å². The van der Waals surface area contributed by atoms with Gasteiger partial charge in [-0.05, 0) is 6.07 Å². The van der Waals surface area contributed by atoms with E-state index in [0.29, 0.717) is 29.5 Å². The lowest BCUT2D eigenvalue weighted by atomic mass is 9.72. The molecule has 0 spiro atoms. The Bertz CT molecular complexity index is 540. The minimum atomic E-state index is -0.716. The van der Waals surface area contributed by atoms with Gasteiger partial charge in [0, 0.05) is 30.3 Å². The average Bonchev–Trinajstić information content (AvgIpc) is 2.46. The molecule has 0 aliphatic carbocycles. The second-order valence-corrected chi connectivity index (χ2v) is 6.15. The van der Waals surface area contributed by atoms with Gasteiger partial charge in [0.1, 0.15) is 5.82 Å². The van der Waals surface area contributed by atoms with Crippen molar-refractivity contribution in [3.8, 4) is 0 Å². The minimum absolute atomic E-state index is 0.0737. The van der Waals surface area contributed by atoms with Gasteiger partial charge in [-0.2, -0.15) is 0 Å². The Morgan fingerprint density at radius 3 is 3.05 bits per heavy atom. The molecule has 0 aromatic heterocycles. The van der Waals surface area contributed by atoms with Crippen LogP contribution in [0.5, 0.6) is 0 Å². The van der Waals surface area contributed by atoms with Crippen LogP contribution >= 0.6 is 11.8 Å². The molecule has 3 N–H and O–H groups in total. The van der Waals surface area contributed by atoms with Crippen molar-refractivity contribution in [1.29, 1.82) is 0 Å². The van der Waals surface area contributed by atoms with E-state index in [4.69, 9.17) is 10.5 Å². The summed E-state index contributed by atoms with van der Waals surface area (Å²) < 4.78 is 19.9. The number of ether oxygens (including phenoxy) is 1. The van der Waals surface area contributed by atoms with Gasteiger partial charge in [-0.15, -0.1) is 0 Å². The molecule has 1 aromatic carbocycles. The van der Waals surface area contributed by atoms with Crippen LogP contribution in [0.15, 0.2) is 29.3 Å². The SMILES string of the molecule is NC1=NC2(c3ccccc3F)CCOC(CO)C2CS1. The van der Waals surface area contributed by atoms with Gasteiger partial charge in [0.15, 0.2) is 5.17 Å². The number of aliphatic hydroxyl groups excluding tert-OH is 1. The number of hydrogen-bond donors (Lipinski definition) is 2. The summed E-state index contributed by atoms with van der Waals surface area (Å²) in [5, 5.41) is 9.99. The molecule has 20 heavy (non-hydrogen) atoms. The molecule has 0 bridgehead atoms. The summed E-state index contributed by atoms with van der Waals surface area (Å²) in [5.41, 5.74) is 5.72. The van der Waals surface area contributed by atoms with E-state index in [1.54, 1.807) is 18.2 Å². The summed E-state index contributed by atoms with van der Waals surface area (Å²) in [6.07, 6.45) is 0.254. The van der Waals surface area contributed by atoms with Gasteiger partial charge >= 0.3 is 0 Å². The van der Waals surface area contributed by atoms with E-state index in [0.717, 1.165) is 0 Å². The molecule has 4 nitrogen and oxygen atoms in total. The molecule has 3 atom stereocenters. The molecule has 0 radical (unpaired) electrons. The molecule has 3 unspecified atom stereocenters. The summed E-state index contributed by atoms with van der Waals surface area (Å²) in [4.78, 5) is 4.59. The van der Waals surface area contributed by atoms with Crippen LogP contribution in [0.3, 0.4) is 0 Å². The fraction of sp³-hybridized carbons (Fsp3) is 0.500. The smallest absolute Gasteiger partial charge is 0.154 e. The lowest BCUT2D eigenvalue weighted by molar-refractivity contribution is -0.0845. The maximum Gasteiger partial charge on any atom is 0.154 e. The minimum Gasteiger partial charge on any atom is -0.394 e. The lowest BCUT2D eigenvalue weighted by Crippen LogP contribution is -2.52. The zero-order valence-corrected chi connectivity index (χ0v) is 11.8. The topological polar surface area (TPSA) is 67.8 Å². The Morgan fingerprint density at radius 2 is 2.30 bits per heavy atom. The second kappa shape index (κ2) is 5.35. The van der Waals surface area contributed by atoms with Crippen LogP contribution in [0.1, 0.15) is 12.0 Å². The van der Waals surface area contributed by atoms with E-state index < -0.39 is 5.54 Å². The van der Waals surface area contributed by atoms with Crippen LogP contribution in [0.4, 0.5) is 4.39 Å². The third-order valence-electron chi connectivity index (χ3n) is 4.12.